The van der Waals surface area contributed by atoms with E-state index < -0.39 is 35.9 Å². The standard InChI is InChI=1S/C16H12F6N6O.C2H6/c17-15(18,19)6-25-13-9-3-4-24-12(9)27-14(28-13)26-7-1-2-8(11(23)29)10(5-7)16(20,21)22;1-2/h1-5H,6H2,(H2,23,29)(H3,24,25,26,27,28);1-2H3. The molecule has 0 radical (unpaired) electrons. The predicted octanol–water partition coefficient (Wildman–Crippen LogP) is 4.82. The topological polar surface area (TPSA) is 109 Å². The van der Waals surface area contributed by atoms with Crippen molar-refractivity contribution in [2.24, 2.45) is 5.73 Å². The molecule has 5 N–H and O–H groups in total. The molecule has 0 aliphatic rings. The van der Waals surface area contributed by atoms with Crippen LogP contribution in [-0.2, 0) is 6.18 Å². The third-order valence-corrected chi connectivity index (χ3v) is 3.72. The number of H-pyrrole nitrogens is 1. The molecule has 168 valence electrons. The van der Waals surface area contributed by atoms with Gasteiger partial charge in [0.15, 0.2) is 0 Å². The highest BCUT2D eigenvalue weighted by Crippen LogP contribution is 2.34. The number of amides is 1. The highest BCUT2D eigenvalue weighted by molar-refractivity contribution is 5.95. The van der Waals surface area contributed by atoms with E-state index in [-0.39, 0.29) is 28.5 Å². The van der Waals surface area contributed by atoms with E-state index in [1.807, 2.05) is 13.8 Å². The smallest absolute Gasteiger partial charge is 0.366 e. The fourth-order valence-corrected chi connectivity index (χ4v) is 2.52. The number of hydrogen-bond donors (Lipinski definition) is 4. The summed E-state index contributed by atoms with van der Waals surface area (Å²) in [7, 11) is 0. The molecule has 13 heteroatoms. The number of aromatic nitrogens is 3. The van der Waals surface area contributed by atoms with Gasteiger partial charge in [-0.15, -0.1) is 0 Å². The molecule has 7 nitrogen and oxygen atoms in total. The van der Waals surface area contributed by atoms with Crippen LogP contribution in [0.15, 0.2) is 30.5 Å². The summed E-state index contributed by atoms with van der Waals surface area (Å²) in [6.45, 7) is 2.63. The van der Waals surface area contributed by atoms with Gasteiger partial charge in [-0.05, 0) is 24.3 Å². The van der Waals surface area contributed by atoms with Gasteiger partial charge < -0.3 is 21.4 Å². The molecule has 0 atom stereocenters. The summed E-state index contributed by atoms with van der Waals surface area (Å²) in [5, 5.41) is 4.87. The molecule has 0 fully saturated rings. The lowest BCUT2D eigenvalue weighted by Gasteiger charge is -2.14. The van der Waals surface area contributed by atoms with E-state index in [9.17, 15) is 31.1 Å². The molecule has 2 heterocycles. The Labute approximate surface area is 172 Å². The van der Waals surface area contributed by atoms with Crippen molar-refractivity contribution in [2.75, 3.05) is 17.2 Å². The number of halogens is 6. The Kier molecular flexibility index (Phi) is 6.98. The molecule has 3 rings (SSSR count). The van der Waals surface area contributed by atoms with Gasteiger partial charge in [0.25, 0.3) is 0 Å². The number of benzene rings is 1. The van der Waals surface area contributed by atoms with Gasteiger partial charge in [0.05, 0.1) is 16.5 Å². The molecule has 0 saturated heterocycles. The SMILES string of the molecule is CC.NC(=O)c1ccc(Nc2nc(NCC(F)(F)F)c3cc[nH]c3n2)cc1C(F)(F)F. The molecule has 1 amide bonds. The van der Waals surface area contributed by atoms with E-state index >= 15 is 0 Å². The number of carbonyl (C=O) groups is 1. The monoisotopic (exact) mass is 448 g/mol. The average Bonchev–Trinajstić information content (AvgIpc) is 3.15. The Morgan fingerprint density at radius 3 is 2.35 bits per heavy atom. The van der Waals surface area contributed by atoms with Crippen LogP contribution in [0.2, 0.25) is 0 Å². The number of carbonyl (C=O) groups excluding carboxylic acids is 1. The minimum Gasteiger partial charge on any atom is -0.366 e. The van der Waals surface area contributed by atoms with Crippen molar-refractivity contribution in [3.8, 4) is 0 Å². The Hall–Kier alpha value is -3.51. The molecule has 0 bridgehead atoms. The van der Waals surface area contributed by atoms with Gasteiger partial charge in [0.2, 0.25) is 11.9 Å². The van der Waals surface area contributed by atoms with E-state index in [1.165, 1.54) is 12.3 Å². The summed E-state index contributed by atoms with van der Waals surface area (Å²) >= 11 is 0. The molecular formula is C18H18F6N6O. The zero-order chi connectivity index (χ0) is 23.4. The first-order valence-corrected chi connectivity index (χ1v) is 8.88. The van der Waals surface area contributed by atoms with Crippen molar-refractivity contribution < 1.29 is 31.1 Å². The number of fused-ring (bicyclic) bond motifs is 1. The number of nitrogens with one attached hydrogen (secondary N) is 3. The van der Waals surface area contributed by atoms with Crippen molar-refractivity contribution in [1.29, 1.82) is 0 Å². The molecule has 0 saturated carbocycles. The first kappa shape index (κ1) is 23.8. The molecule has 0 aliphatic heterocycles. The van der Waals surface area contributed by atoms with Crippen LogP contribution >= 0.6 is 0 Å². The Bertz CT molecular complexity index is 1060. The molecule has 31 heavy (non-hydrogen) atoms. The van der Waals surface area contributed by atoms with Gasteiger partial charge in [0.1, 0.15) is 18.0 Å². The number of alkyl halides is 6. The van der Waals surface area contributed by atoms with Crippen molar-refractivity contribution in [3.63, 3.8) is 0 Å². The van der Waals surface area contributed by atoms with E-state index in [0.29, 0.717) is 6.07 Å². The third-order valence-electron chi connectivity index (χ3n) is 3.72. The molecule has 1 aromatic carbocycles. The van der Waals surface area contributed by atoms with Crippen molar-refractivity contribution in [2.45, 2.75) is 26.2 Å². The van der Waals surface area contributed by atoms with Gasteiger partial charge >= 0.3 is 12.4 Å². The maximum absolute atomic E-state index is 13.2. The van der Waals surface area contributed by atoms with Crippen LogP contribution in [-0.4, -0.2) is 33.6 Å². The maximum Gasteiger partial charge on any atom is 0.417 e. The molecule has 0 aliphatic carbocycles. The fraction of sp³-hybridized carbons (Fsp3) is 0.278. The Morgan fingerprint density at radius 1 is 1.10 bits per heavy atom. The van der Waals surface area contributed by atoms with E-state index in [0.717, 1.165) is 12.1 Å². The van der Waals surface area contributed by atoms with Gasteiger partial charge in [-0.25, -0.2) is 0 Å². The first-order valence-electron chi connectivity index (χ1n) is 8.88. The molecular weight excluding hydrogens is 430 g/mol. The molecule has 3 aromatic rings. The summed E-state index contributed by atoms with van der Waals surface area (Å²) in [6.07, 6.45) is -7.94. The second-order valence-corrected chi connectivity index (χ2v) is 5.85. The van der Waals surface area contributed by atoms with Crippen LogP contribution in [0.3, 0.4) is 0 Å². The molecule has 2 aromatic heterocycles. The second-order valence-electron chi connectivity index (χ2n) is 5.85. The average molecular weight is 448 g/mol. The van der Waals surface area contributed by atoms with E-state index in [1.54, 1.807) is 0 Å². The van der Waals surface area contributed by atoms with Crippen molar-refractivity contribution in [3.05, 3.63) is 41.6 Å². The number of hydrogen-bond acceptors (Lipinski definition) is 5. The van der Waals surface area contributed by atoms with Crippen molar-refractivity contribution in [1.82, 2.24) is 15.0 Å². The lowest BCUT2D eigenvalue weighted by Crippen LogP contribution is -2.22. The van der Waals surface area contributed by atoms with Gasteiger partial charge in [0, 0.05) is 11.9 Å². The third kappa shape index (κ3) is 5.99. The molecule has 0 unspecified atom stereocenters. The van der Waals surface area contributed by atoms with Gasteiger partial charge in [-0.2, -0.15) is 36.3 Å². The predicted molar refractivity (Wildman–Crippen MR) is 103 cm³/mol. The zero-order valence-electron chi connectivity index (χ0n) is 16.2. The van der Waals surface area contributed by atoms with Gasteiger partial charge in [-0.1, -0.05) is 13.8 Å². The largest absolute Gasteiger partial charge is 0.417 e. The molecule has 0 spiro atoms. The number of nitrogens with two attached hydrogens (primary N) is 1. The van der Waals surface area contributed by atoms with Crippen LogP contribution in [0, 0.1) is 0 Å². The summed E-state index contributed by atoms with van der Waals surface area (Å²) in [5.74, 6) is -1.68. The summed E-state index contributed by atoms with van der Waals surface area (Å²) < 4.78 is 77.0. The summed E-state index contributed by atoms with van der Waals surface area (Å²) in [6, 6.07) is 4.09. The lowest BCUT2D eigenvalue weighted by atomic mass is 10.1. The van der Waals surface area contributed by atoms with Crippen LogP contribution in [0.25, 0.3) is 11.0 Å². The first-order chi connectivity index (χ1) is 14.4. The fourth-order valence-electron chi connectivity index (χ4n) is 2.52. The van der Waals surface area contributed by atoms with Crippen LogP contribution in [0.5, 0.6) is 0 Å². The van der Waals surface area contributed by atoms with Crippen molar-refractivity contribution >= 4 is 34.4 Å². The second kappa shape index (κ2) is 9.10. The zero-order valence-corrected chi connectivity index (χ0v) is 16.2. The normalized spacial score (nSPS) is 11.6. The summed E-state index contributed by atoms with van der Waals surface area (Å²) in [5.41, 5.74) is 2.99. The number of rotatable bonds is 5. The van der Waals surface area contributed by atoms with E-state index in [2.05, 4.69) is 25.6 Å². The highest BCUT2D eigenvalue weighted by Gasteiger charge is 2.35. The minimum atomic E-state index is -4.86. The van der Waals surface area contributed by atoms with Gasteiger partial charge in [-0.3, -0.25) is 4.79 Å². The van der Waals surface area contributed by atoms with Crippen LogP contribution in [0.4, 0.5) is 43.8 Å². The van der Waals surface area contributed by atoms with E-state index in [4.69, 9.17) is 5.73 Å². The van der Waals surface area contributed by atoms with Crippen LogP contribution in [0.1, 0.15) is 29.8 Å². The Balaban J connectivity index is 0.00000166. The minimum absolute atomic E-state index is 0.144. The quantitative estimate of drug-likeness (QED) is 0.419. The Morgan fingerprint density at radius 2 is 1.77 bits per heavy atom. The van der Waals surface area contributed by atoms with Crippen LogP contribution < -0.4 is 16.4 Å². The number of aromatic amines is 1. The number of primary amides is 1. The number of anilines is 3. The number of nitrogens with zero attached hydrogens (tertiary/aromatic N) is 2. The highest BCUT2D eigenvalue weighted by atomic mass is 19.4. The summed E-state index contributed by atoms with van der Waals surface area (Å²) in [4.78, 5) is 21.8. The lowest BCUT2D eigenvalue weighted by molar-refractivity contribution is -0.137. The maximum atomic E-state index is 13.2.